The van der Waals surface area contributed by atoms with Crippen molar-refractivity contribution in [3.63, 3.8) is 0 Å². The van der Waals surface area contributed by atoms with Gasteiger partial charge in [0.05, 0.1) is 4.92 Å². The molecule has 1 heterocycles. The number of rotatable bonds is 5. The van der Waals surface area contributed by atoms with Crippen LogP contribution < -0.4 is 10.2 Å². The molecule has 2 aromatic carbocycles. The summed E-state index contributed by atoms with van der Waals surface area (Å²) in [7, 11) is 0. The van der Waals surface area contributed by atoms with Gasteiger partial charge < -0.3 is 10.2 Å². The minimum absolute atomic E-state index is 0.208. The summed E-state index contributed by atoms with van der Waals surface area (Å²) in [6.45, 7) is 8.73. The number of nitrogens with zero attached hydrogens (tertiary/aromatic N) is 2. The summed E-state index contributed by atoms with van der Waals surface area (Å²) in [5.41, 5.74) is 5.32. The second kappa shape index (κ2) is 7.77. The summed E-state index contributed by atoms with van der Waals surface area (Å²) < 4.78 is 0. The Kier molecular flexibility index (Phi) is 5.45. The number of nitro benzene ring substituents is 1. The fourth-order valence-corrected chi connectivity index (χ4v) is 3.62. The molecule has 0 spiro atoms. The van der Waals surface area contributed by atoms with Crippen molar-refractivity contribution in [1.82, 2.24) is 0 Å². The van der Waals surface area contributed by atoms with E-state index < -0.39 is 0 Å². The molecule has 5 heteroatoms. The van der Waals surface area contributed by atoms with Crippen molar-refractivity contribution in [2.45, 2.75) is 40.2 Å². The van der Waals surface area contributed by atoms with Crippen molar-refractivity contribution < 1.29 is 4.92 Å². The van der Waals surface area contributed by atoms with Crippen LogP contribution in [-0.4, -0.2) is 18.0 Å². The maximum Gasteiger partial charge on any atom is 0.292 e. The Morgan fingerprint density at radius 2 is 1.77 bits per heavy atom. The maximum absolute atomic E-state index is 11.6. The van der Waals surface area contributed by atoms with Crippen molar-refractivity contribution in [1.29, 1.82) is 0 Å². The van der Waals surface area contributed by atoms with Gasteiger partial charge in [-0.1, -0.05) is 19.1 Å². The standard InChI is InChI=1S/C21H27N3O2/c1-15-6-8-23(9-7-15)20-5-4-18(13-21(20)24(25)26)14-22-19-11-16(2)10-17(3)12-19/h4-5,10-13,15,22H,6-9,14H2,1-3H3. The Bertz CT molecular complexity index is 776. The van der Waals surface area contributed by atoms with Crippen LogP contribution in [0.15, 0.2) is 36.4 Å². The van der Waals surface area contributed by atoms with Crippen LogP contribution in [0.2, 0.25) is 0 Å². The Hall–Kier alpha value is -2.56. The average Bonchev–Trinajstić information content (AvgIpc) is 2.60. The molecule has 0 radical (unpaired) electrons. The van der Waals surface area contributed by atoms with Gasteiger partial charge in [0.1, 0.15) is 5.69 Å². The van der Waals surface area contributed by atoms with Gasteiger partial charge >= 0.3 is 0 Å². The number of hydrogen-bond acceptors (Lipinski definition) is 4. The highest BCUT2D eigenvalue weighted by Gasteiger charge is 2.23. The Morgan fingerprint density at radius 3 is 2.38 bits per heavy atom. The largest absolute Gasteiger partial charge is 0.381 e. The zero-order valence-electron chi connectivity index (χ0n) is 15.8. The van der Waals surface area contributed by atoms with Crippen molar-refractivity contribution in [2.24, 2.45) is 5.92 Å². The summed E-state index contributed by atoms with van der Waals surface area (Å²) in [5.74, 6) is 0.701. The third-order valence-corrected chi connectivity index (χ3v) is 5.08. The van der Waals surface area contributed by atoms with Crippen LogP contribution in [0.1, 0.15) is 36.5 Å². The summed E-state index contributed by atoms with van der Waals surface area (Å²) >= 11 is 0. The van der Waals surface area contributed by atoms with Gasteiger partial charge in [0.15, 0.2) is 0 Å². The highest BCUT2D eigenvalue weighted by atomic mass is 16.6. The first-order valence-electron chi connectivity index (χ1n) is 9.27. The van der Waals surface area contributed by atoms with Crippen LogP contribution in [0.5, 0.6) is 0 Å². The van der Waals surface area contributed by atoms with Gasteiger partial charge in [-0.15, -0.1) is 0 Å². The Labute approximate surface area is 155 Å². The van der Waals surface area contributed by atoms with E-state index in [-0.39, 0.29) is 10.6 Å². The lowest BCUT2D eigenvalue weighted by Gasteiger charge is -2.31. The monoisotopic (exact) mass is 353 g/mol. The molecule has 1 aliphatic rings. The molecule has 0 unspecified atom stereocenters. The van der Waals surface area contributed by atoms with Gasteiger partial charge in [-0.2, -0.15) is 0 Å². The first kappa shape index (κ1) is 18.2. The molecule has 26 heavy (non-hydrogen) atoms. The molecular weight excluding hydrogens is 326 g/mol. The SMILES string of the molecule is Cc1cc(C)cc(NCc2ccc(N3CCC(C)CC3)c([N+](=O)[O-])c2)c1. The predicted octanol–water partition coefficient (Wildman–Crippen LogP) is 5.06. The van der Waals surface area contributed by atoms with Crippen molar-refractivity contribution in [3.05, 3.63) is 63.2 Å². The number of piperidine rings is 1. The van der Waals surface area contributed by atoms with Crippen LogP contribution in [0, 0.1) is 29.9 Å². The summed E-state index contributed by atoms with van der Waals surface area (Å²) in [6.07, 6.45) is 2.18. The molecule has 0 amide bonds. The van der Waals surface area contributed by atoms with Gasteiger partial charge in [0.2, 0.25) is 0 Å². The lowest BCUT2D eigenvalue weighted by atomic mass is 9.98. The highest BCUT2D eigenvalue weighted by Crippen LogP contribution is 2.32. The van der Waals surface area contributed by atoms with Gasteiger partial charge in [-0.25, -0.2) is 0 Å². The fourth-order valence-electron chi connectivity index (χ4n) is 3.62. The first-order chi connectivity index (χ1) is 12.4. The lowest BCUT2D eigenvalue weighted by Crippen LogP contribution is -2.33. The molecule has 3 rings (SSSR count). The van der Waals surface area contributed by atoms with E-state index in [2.05, 4.69) is 49.2 Å². The zero-order chi connectivity index (χ0) is 18.7. The lowest BCUT2D eigenvalue weighted by molar-refractivity contribution is -0.384. The minimum atomic E-state index is -0.256. The maximum atomic E-state index is 11.6. The van der Waals surface area contributed by atoms with E-state index >= 15 is 0 Å². The average molecular weight is 353 g/mol. The highest BCUT2D eigenvalue weighted by molar-refractivity contribution is 5.65. The molecule has 0 aliphatic carbocycles. The van der Waals surface area contributed by atoms with E-state index in [4.69, 9.17) is 0 Å². The van der Waals surface area contributed by atoms with Gasteiger partial charge in [-0.05, 0) is 67.5 Å². The number of hydrogen-bond donors (Lipinski definition) is 1. The molecular formula is C21H27N3O2. The third kappa shape index (κ3) is 4.34. The number of anilines is 2. The van der Waals surface area contributed by atoms with Crippen LogP contribution in [0.4, 0.5) is 17.1 Å². The van der Waals surface area contributed by atoms with Gasteiger partial charge in [-0.3, -0.25) is 10.1 Å². The van der Waals surface area contributed by atoms with Crippen LogP contribution in [0.3, 0.4) is 0 Å². The second-order valence-corrected chi connectivity index (χ2v) is 7.48. The molecule has 1 aliphatic heterocycles. The van der Waals surface area contributed by atoms with E-state index in [0.717, 1.165) is 42.9 Å². The molecule has 0 bridgehead atoms. The Balaban J connectivity index is 1.76. The summed E-state index contributed by atoms with van der Waals surface area (Å²) in [5, 5.41) is 15.0. The van der Waals surface area contributed by atoms with E-state index in [1.54, 1.807) is 6.07 Å². The molecule has 1 N–H and O–H groups in total. The van der Waals surface area contributed by atoms with E-state index in [0.29, 0.717) is 12.5 Å². The third-order valence-electron chi connectivity index (χ3n) is 5.08. The number of benzene rings is 2. The molecule has 0 saturated carbocycles. The number of aryl methyl sites for hydroxylation is 2. The Morgan fingerprint density at radius 1 is 1.12 bits per heavy atom. The molecule has 0 atom stereocenters. The second-order valence-electron chi connectivity index (χ2n) is 7.48. The van der Waals surface area contributed by atoms with Crippen LogP contribution in [-0.2, 0) is 6.54 Å². The smallest absolute Gasteiger partial charge is 0.292 e. The fraction of sp³-hybridized carbons (Fsp3) is 0.429. The first-order valence-corrected chi connectivity index (χ1v) is 9.27. The topological polar surface area (TPSA) is 58.4 Å². The molecule has 5 nitrogen and oxygen atoms in total. The van der Waals surface area contributed by atoms with Crippen LogP contribution >= 0.6 is 0 Å². The van der Waals surface area contributed by atoms with E-state index in [1.165, 1.54) is 11.1 Å². The summed E-state index contributed by atoms with van der Waals surface area (Å²) in [6, 6.07) is 11.9. The quantitative estimate of drug-likeness (QED) is 0.603. The van der Waals surface area contributed by atoms with Crippen molar-refractivity contribution in [2.75, 3.05) is 23.3 Å². The van der Waals surface area contributed by atoms with E-state index in [1.807, 2.05) is 12.1 Å². The molecule has 2 aromatic rings. The molecule has 1 fully saturated rings. The van der Waals surface area contributed by atoms with Crippen molar-refractivity contribution >= 4 is 17.1 Å². The number of nitrogens with one attached hydrogen (secondary N) is 1. The minimum Gasteiger partial charge on any atom is -0.381 e. The van der Waals surface area contributed by atoms with Crippen LogP contribution in [0.25, 0.3) is 0 Å². The van der Waals surface area contributed by atoms with Crippen molar-refractivity contribution in [3.8, 4) is 0 Å². The molecule has 1 saturated heterocycles. The summed E-state index contributed by atoms with van der Waals surface area (Å²) in [4.78, 5) is 13.5. The predicted molar refractivity (Wildman–Crippen MR) is 107 cm³/mol. The van der Waals surface area contributed by atoms with E-state index in [9.17, 15) is 10.1 Å². The number of nitro groups is 1. The zero-order valence-corrected chi connectivity index (χ0v) is 15.8. The van der Waals surface area contributed by atoms with Gasteiger partial charge in [0, 0.05) is 31.4 Å². The van der Waals surface area contributed by atoms with Gasteiger partial charge in [0.25, 0.3) is 5.69 Å². The molecule has 0 aromatic heterocycles. The normalized spacial score (nSPS) is 15.1. The molecule has 138 valence electrons.